The van der Waals surface area contributed by atoms with E-state index in [1.165, 1.54) is 35.4 Å². The van der Waals surface area contributed by atoms with Gasteiger partial charge in [0, 0.05) is 25.0 Å². The summed E-state index contributed by atoms with van der Waals surface area (Å²) in [6.07, 6.45) is 1.75. The first kappa shape index (κ1) is 21.7. The van der Waals surface area contributed by atoms with E-state index in [1.54, 1.807) is 13.0 Å². The van der Waals surface area contributed by atoms with E-state index in [9.17, 15) is 23.5 Å². The summed E-state index contributed by atoms with van der Waals surface area (Å²) in [5.41, 5.74) is 0.269. The van der Waals surface area contributed by atoms with Crippen LogP contribution in [0.15, 0.2) is 47.4 Å². The van der Waals surface area contributed by atoms with E-state index >= 15 is 0 Å². The topological polar surface area (TPSA) is 85.4 Å². The zero-order chi connectivity index (χ0) is 21.8. The van der Waals surface area contributed by atoms with E-state index in [-0.39, 0.29) is 23.6 Å². The average Bonchev–Trinajstić information content (AvgIpc) is 2.71. The number of aromatic nitrogens is 1. The number of aromatic amines is 1. The lowest BCUT2D eigenvalue weighted by molar-refractivity contribution is 0.182. The van der Waals surface area contributed by atoms with Gasteiger partial charge in [-0.25, -0.2) is 13.6 Å². The molecule has 0 fully saturated rings. The number of anilines is 1. The predicted molar refractivity (Wildman–Crippen MR) is 112 cm³/mol. The highest BCUT2D eigenvalue weighted by atomic mass is 35.5. The van der Waals surface area contributed by atoms with E-state index in [2.05, 4.69) is 10.3 Å². The number of aliphatic hydroxyl groups excluding tert-OH is 1. The number of carbonyl (C=O) groups excluding carboxylic acids is 1. The molecule has 3 N–H and O–H groups in total. The Morgan fingerprint density at radius 2 is 2.03 bits per heavy atom. The van der Waals surface area contributed by atoms with Crippen molar-refractivity contribution < 1.29 is 18.7 Å². The molecule has 0 aliphatic heterocycles. The molecule has 1 atom stereocenters. The fourth-order valence-corrected chi connectivity index (χ4v) is 3.46. The zero-order valence-electron chi connectivity index (χ0n) is 16.1. The second-order valence-corrected chi connectivity index (χ2v) is 7.15. The highest BCUT2D eigenvalue weighted by molar-refractivity contribution is 6.31. The van der Waals surface area contributed by atoms with Crippen LogP contribution in [0, 0.1) is 11.6 Å². The monoisotopic (exact) mass is 435 g/mol. The van der Waals surface area contributed by atoms with Crippen molar-refractivity contribution in [1.82, 2.24) is 9.88 Å². The van der Waals surface area contributed by atoms with Gasteiger partial charge in [-0.2, -0.15) is 0 Å². The number of carbonyl (C=O) groups is 1. The molecule has 0 spiro atoms. The van der Waals surface area contributed by atoms with Crippen LogP contribution in [0.25, 0.3) is 10.8 Å². The lowest BCUT2D eigenvalue weighted by atomic mass is 10.0. The van der Waals surface area contributed by atoms with Crippen LogP contribution in [0.1, 0.15) is 24.9 Å². The van der Waals surface area contributed by atoms with E-state index in [4.69, 9.17) is 11.6 Å². The Morgan fingerprint density at radius 3 is 2.73 bits per heavy atom. The lowest BCUT2D eigenvalue weighted by Gasteiger charge is -2.30. The SMILES string of the molecule is CC(c1c[nH]c(=O)c2c(F)cccc12)N(CCCO)C(=O)Nc1ccc(F)c(Cl)c1. The third kappa shape index (κ3) is 4.44. The maximum absolute atomic E-state index is 14.2. The van der Waals surface area contributed by atoms with Crippen LogP contribution in [-0.4, -0.2) is 34.2 Å². The van der Waals surface area contributed by atoms with Gasteiger partial charge >= 0.3 is 6.03 Å². The van der Waals surface area contributed by atoms with Crippen LogP contribution in [-0.2, 0) is 0 Å². The van der Waals surface area contributed by atoms with Crippen LogP contribution in [0.2, 0.25) is 5.02 Å². The normalized spacial score (nSPS) is 12.0. The third-order valence-electron chi connectivity index (χ3n) is 4.82. The number of nitrogens with zero attached hydrogens (tertiary/aromatic N) is 1. The van der Waals surface area contributed by atoms with Gasteiger partial charge in [0.2, 0.25) is 0 Å². The number of urea groups is 1. The summed E-state index contributed by atoms with van der Waals surface area (Å²) in [5, 5.41) is 12.0. The van der Waals surface area contributed by atoms with Crippen molar-refractivity contribution in [3.05, 3.63) is 75.2 Å². The minimum Gasteiger partial charge on any atom is -0.396 e. The number of fused-ring (bicyclic) bond motifs is 1. The number of pyridine rings is 1. The predicted octanol–water partition coefficient (Wildman–Crippen LogP) is 4.44. The molecule has 2 amide bonds. The van der Waals surface area contributed by atoms with Crippen molar-refractivity contribution in [3.8, 4) is 0 Å². The van der Waals surface area contributed by atoms with Crippen molar-refractivity contribution >= 4 is 34.1 Å². The second-order valence-electron chi connectivity index (χ2n) is 6.74. The van der Waals surface area contributed by atoms with Crippen LogP contribution in [0.4, 0.5) is 19.3 Å². The summed E-state index contributed by atoms with van der Waals surface area (Å²) in [4.78, 5) is 29.0. The maximum Gasteiger partial charge on any atom is 0.322 e. The number of benzene rings is 2. The summed E-state index contributed by atoms with van der Waals surface area (Å²) >= 11 is 5.77. The molecular weight excluding hydrogens is 416 g/mol. The Labute approximate surface area is 176 Å². The molecule has 1 unspecified atom stereocenters. The Kier molecular flexibility index (Phi) is 6.69. The summed E-state index contributed by atoms with van der Waals surface area (Å²) < 4.78 is 27.6. The molecule has 158 valence electrons. The molecule has 30 heavy (non-hydrogen) atoms. The van der Waals surface area contributed by atoms with Gasteiger partial charge in [-0.15, -0.1) is 0 Å². The molecule has 3 rings (SSSR count). The van der Waals surface area contributed by atoms with E-state index in [0.29, 0.717) is 23.1 Å². The van der Waals surface area contributed by atoms with Gasteiger partial charge in [0.25, 0.3) is 5.56 Å². The van der Waals surface area contributed by atoms with Crippen LogP contribution >= 0.6 is 11.6 Å². The number of nitrogens with one attached hydrogen (secondary N) is 2. The third-order valence-corrected chi connectivity index (χ3v) is 5.11. The smallest absolute Gasteiger partial charge is 0.322 e. The molecule has 6 nitrogen and oxygen atoms in total. The number of amides is 2. The summed E-state index contributed by atoms with van der Waals surface area (Å²) in [6, 6.07) is 7.00. The molecule has 3 aromatic rings. The standard InChI is InChI=1S/C21H20ClF2N3O3/c1-12(15-11-25-20(29)19-14(15)4-2-5-18(19)24)27(8-3-9-28)21(30)26-13-6-7-17(23)16(22)10-13/h2,4-7,10-12,28H,3,8-9H2,1H3,(H,25,29)(H,26,30). The number of hydrogen-bond donors (Lipinski definition) is 3. The number of halogens is 3. The fourth-order valence-electron chi connectivity index (χ4n) is 3.28. The van der Waals surface area contributed by atoms with Gasteiger partial charge in [-0.05, 0) is 48.6 Å². The highest BCUT2D eigenvalue weighted by Crippen LogP contribution is 2.28. The number of hydrogen-bond acceptors (Lipinski definition) is 3. The molecule has 0 aliphatic rings. The van der Waals surface area contributed by atoms with Gasteiger partial charge < -0.3 is 20.3 Å². The molecule has 1 heterocycles. The van der Waals surface area contributed by atoms with Gasteiger partial charge in [0.05, 0.1) is 16.5 Å². The Morgan fingerprint density at radius 1 is 1.27 bits per heavy atom. The maximum atomic E-state index is 14.2. The zero-order valence-corrected chi connectivity index (χ0v) is 16.8. The van der Waals surface area contributed by atoms with Gasteiger partial charge in [-0.3, -0.25) is 4.79 Å². The lowest BCUT2D eigenvalue weighted by Crippen LogP contribution is -2.38. The quantitative estimate of drug-likeness (QED) is 0.535. The second kappa shape index (κ2) is 9.23. The van der Waals surface area contributed by atoms with Crippen molar-refractivity contribution in [2.45, 2.75) is 19.4 Å². The first-order chi connectivity index (χ1) is 14.3. The van der Waals surface area contributed by atoms with Gasteiger partial charge in [-0.1, -0.05) is 23.7 Å². The first-order valence-electron chi connectivity index (χ1n) is 9.26. The summed E-state index contributed by atoms with van der Waals surface area (Å²) in [5.74, 6) is -1.27. The van der Waals surface area contributed by atoms with Crippen molar-refractivity contribution in [3.63, 3.8) is 0 Å². The Hall–Kier alpha value is -2.97. The number of rotatable bonds is 6. The van der Waals surface area contributed by atoms with Crippen molar-refractivity contribution in [2.75, 3.05) is 18.5 Å². The minimum absolute atomic E-state index is 0.0883. The van der Waals surface area contributed by atoms with Crippen molar-refractivity contribution in [2.24, 2.45) is 0 Å². The Bertz CT molecular complexity index is 1140. The molecule has 1 aromatic heterocycles. The van der Waals surface area contributed by atoms with E-state index < -0.39 is 29.3 Å². The van der Waals surface area contributed by atoms with E-state index in [0.717, 1.165) is 6.07 Å². The molecule has 0 bridgehead atoms. The van der Waals surface area contributed by atoms with E-state index in [1.807, 2.05) is 0 Å². The van der Waals surface area contributed by atoms with Crippen LogP contribution in [0.5, 0.6) is 0 Å². The fraction of sp³-hybridized carbons (Fsp3) is 0.238. The number of H-pyrrole nitrogens is 1. The molecule has 0 radical (unpaired) electrons. The highest BCUT2D eigenvalue weighted by Gasteiger charge is 2.24. The van der Waals surface area contributed by atoms with Crippen LogP contribution < -0.4 is 10.9 Å². The molecule has 0 aliphatic carbocycles. The van der Waals surface area contributed by atoms with Gasteiger partial charge in [0.1, 0.15) is 11.6 Å². The van der Waals surface area contributed by atoms with Gasteiger partial charge in [0.15, 0.2) is 0 Å². The Balaban J connectivity index is 1.97. The molecule has 0 saturated heterocycles. The average molecular weight is 436 g/mol. The molecule has 9 heteroatoms. The molecular formula is C21H20ClF2N3O3. The minimum atomic E-state index is -0.657. The largest absolute Gasteiger partial charge is 0.396 e. The molecule has 2 aromatic carbocycles. The van der Waals surface area contributed by atoms with Crippen molar-refractivity contribution in [1.29, 1.82) is 0 Å². The number of aliphatic hydroxyl groups is 1. The van der Waals surface area contributed by atoms with Crippen LogP contribution in [0.3, 0.4) is 0 Å². The summed E-state index contributed by atoms with van der Waals surface area (Å²) in [7, 11) is 0. The summed E-state index contributed by atoms with van der Waals surface area (Å²) in [6.45, 7) is 1.78. The molecule has 0 saturated carbocycles. The first-order valence-corrected chi connectivity index (χ1v) is 9.64.